The highest BCUT2D eigenvalue weighted by Crippen LogP contribution is 2.23. The number of aryl methyl sites for hydroxylation is 1. The van der Waals surface area contributed by atoms with E-state index in [0.29, 0.717) is 6.42 Å². The minimum atomic E-state index is -0.119. The molecule has 0 saturated carbocycles. The second kappa shape index (κ2) is 6.06. The first-order valence-electron chi connectivity index (χ1n) is 6.32. The lowest BCUT2D eigenvalue weighted by Crippen LogP contribution is -2.01. The summed E-state index contributed by atoms with van der Waals surface area (Å²) in [4.78, 5) is 0. The quantitative estimate of drug-likeness (QED) is 0.826. The van der Waals surface area contributed by atoms with Crippen LogP contribution >= 0.6 is 0 Å². The predicted molar refractivity (Wildman–Crippen MR) is 76.2 cm³/mol. The van der Waals surface area contributed by atoms with Crippen LogP contribution in [0.1, 0.15) is 22.6 Å². The zero-order valence-corrected chi connectivity index (χ0v) is 11.3. The van der Waals surface area contributed by atoms with Gasteiger partial charge in [-0.05, 0) is 36.6 Å². The first-order chi connectivity index (χ1) is 9.22. The molecule has 0 fully saturated rings. The molecule has 0 aliphatic heterocycles. The summed E-state index contributed by atoms with van der Waals surface area (Å²) < 4.78 is 5.21. The number of nitriles is 1. The van der Waals surface area contributed by atoms with Crippen LogP contribution in [-0.2, 0) is 6.42 Å². The second-order valence-corrected chi connectivity index (χ2v) is 4.65. The lowest BCUT2D eigenvalue weighted by molar-refractivity contribution is 0.414. The van der Waals surface area contributed by atoms with E-state index in [1.54, 1.807) is 7.11 Å². The summed E-state index contributed by atoms with van der Waals surface area (Å²) in [6, 6.07) is 18.4. The van der Waals surface area contributed by atoms with Gasteiger partial charge in [0.15, 0.2) is 0 Å². The standard InChI is InChI=1S/C17H17NO/c1-13-5-3-7-15(9-13)16(12-18)10-14-6-4-8-17(11-14)19-2/h3-9,11,16H,10H2,1-2H3. The van der Waals surface area contributed by atoms with Crippen molar-refractivity contribution in [2.45, 2.75) is 19.3 Å². The Bertz CT molecular complexity index is 598. The molecule has 2 rings (SSSR count). The summed E-state index contributed by atoms with van der Waals surface area (Å²) in [5, 5.41) is 9.38. The molecule has 2 aromatic carbocycles. The largest absolute Gasteiger partial charge is 0.497 e. The number of ether oxygens (including phenoxy) is 1. The minimum absolute atomic E-state index is 0.119. The smallest absolute Gasteiger partial charge is 0.119 e. The van der Waals surface area contributed by atoms with Crippen LogP contribution in [0.25, 0.3) is 0 Å². The van der Waals surface area contributed by atoms with Crippen molar-refractivity contribution in [2.24, 2.45) is 0 Å². The Hall–Kier alpha value is -2.27. The van der Waals surface area contributed by atoms with Crippen LogP contribution in [0.2, 0.25) is 0 Å². The van der Waals surface area contributed by atoms with Crippen LogP contribution in [0.15, 0.2) is 48.5 Å². The van der Waals surface area contributed by atoms with Crippen molar-refractivity contribution in [3.05, 3.63) is 65.2 Å². The molecule has 0 saturated heterocycles. The number of rotatable bonds is 4. The Morgan fingerprint density at radius 3 is 2.63 bits per heavy atom. The number of nitrogens with zero attached hydrogens (tertiary/aromatic N) is 1. The number of methoxy groups -OCH3 is 1. The fourth-order valence-electron chi connectivity index (χ4n) is 2.16. The van der Waals surface area contributed by atoms with E-state index in [9.17, 15) is 5.26 Å². The van der Waals surface area contributed by atoms with Crippen molar-refractivity contribution in [1.82, 2.24) is 0 Å². The zero-order valence-electron chi connectivity index (χ0n) is 11.3. The molecule has 1 unspecified atom stereocenters. The Morgan fingerprint density at radius 1 is 1.16 bits per heavy atom. The van der Waals surface area contributed by atoms with Crippen LogP contribution < -0.4 is 4.74 Å². The van der Waals surface area contributed by atoms with Gasteiger partial charge in [0.25, 0.3) is 0 Å². The molecule has 96 valence electrons. The molecule has 0 bridgehead atoms. The van der Waals surface area contributed by atoms with Crippen LogP contribution in [0.4, 0.5) is 0 Å². The third-order valence-corrected chi connectivity index (χ3v) is 3.17. The van der Waals surface area contributed by atoms with Crippen LogP contribution in [0, 0.1) is 18.3 Å². The van der Waals surface area contributed by atoms with Gasteiger partial charge in [0.1, 0.15) is 5.75 Å². The van der Waals surface area contributed by atoms with Crippen LogP contribution in [0.5, 0.6) is 5.75 Å². The second-order valence-electron chi connectivity index (χ2n) is 4.65. The van der Waals surface area contributed by atoms with E-state index in [1.807, 2.05) is 49.4 Å². The molecule has 0 aliphatic rings. The van der Waals surface area contributed by atoms with Crippen molar-refractivity contribution in [3.8, 4) is 11.8 Å². The van der Waals surface area contributed by atoms with Gasteiger partial charge in [-0.2, -0.15) is 5.26 Å². The fraction of sp³-hybridized carbons (Fsp3) is 0.235. The van der Waals surface area contributed by atoms with Gasteiger partial charge < -0.3 is 4.74 Å². The van der Waals surface area contributed by atoms with Gasteiger partial charge in [0.05, 0.1) is 19.1 Å². The van der Waals surface area contributed by atoms with E-state index in [2.05, 4.69) is 12.1 Å². The maximum atomic E-state index is 9.38. The van der Waals surface area contributed by atoms with E-state index in [0.717, 1.165) is 16.9 Å². The fourth-order valence-corrected chi connectivity index (χ4v) is 2.16. The highest BCUT2D eigenvalue weighted by atomic mass is 16.5. The average Bonchev–Trinajstić information content (AvgIpc) is 2.45. The van der Waals surface area contributed by atoms with Gasteiger partial charge in [0.2, 0.25) is 0 Å². The van der Waals surface area contributed by atoms with E-state index >= 15 is 0 Å². The van der Waals surface area contributed by atoms with E-state index in [-0.39, 0.29) is 5.92 Å². The molecule has 2 nitrogen and oxygen atoms in total. The summed E-state index contributed by atoms with van der Waals surface area (Å²) in [5.74, 6) is 0.713. The van der Waals surface area contributed by atoms with Crippen molar-refractivity contribution in [2.75, 3.05) is 7.11 Å². The minimum Gasteiger partial charge on any atom is -0.497 e. The number of hydrogen-bond donors (Lipinski definition) is 0. The molecule has 0 heterocycles. The predicted octanol–water partition coefficient (Wildman–Crippen LogP) is 3.85. The summed E-state index contributed by atoms with van der Waals surface area (Å²) in [6.07, 6.45) is 0.706. The van der Waals surface area contributed by atoms with Gasteiger partial charge in [-0.1, -0.05) is 42.0 Å². The first-order valence-corrected chi connectivity index (χ1v) is 6.32. The molecule has 0 spiro atoms. The summed E-state index contributed by atoms with van der Waals surface area (Å²) in [6.45, 7) is 2.05. The maximum absolute atomic E-state index is 9.38. The van der Waals surface area contributed by atoms with E-state index in [1.165, 1.54) is 5.56 Å². The van der Waals surface area contributed by atoms with Gasteiger partial charge in [-0.15, -0.1) is 0 Å². The Kier molecular flexibility index (Phi) is 4.20. The number of hydrogen-bond acceptors (Lipinski definition) is 2. The zero-order chi connectivity index (χ0) is 13.7. The molecular weight excluding hydrogens is 234 g/mol. The molecule has 0 radical (unpaired) electrons. The summed E-state index contributed by atoms with van der Waals surface area (Å²) >= 11 is 0. The maximum Gasteiger partial charge on any atom is 0.119 e. The monoisotopic (exact) mass is 251 g/mol. The third kappa shape index (κ3) is 3.35. The van der Waals surface area contributed by atoms with Crippen molar-refractivity contribution in [3.63, 3.8) is 0 Å². The molecule has 0 aromatic heterocycles. The topological polar surface area (TPSA) is 33.0 Å². The molecule has 2 heteroatoms. The molecule has 0 amide bonds. The molecule has 0 aliphatic carbocycles. The van der Waals surface area contributed by atoms with Gasteiger partial charge >= 0.3 is 0 Å². The van der Waals surface area contributed by atoms with Crippen LogP contribution in [-0.4, -0.2) is 7.11 Å². The normalized spacial score (nSPS) is 11.6. The summed E-state index contributed by atoms with van der Waals surface area (Å²) in [5.41, 5.74) is 3.38. The average molecular weight is 251 g/mol. The summed E-state index contributed by atoms with van der Waals surface area (Å²) in [7, 11) is 1.65. The molecule has 1 atom stereocenters. The SMILES string of the molecule is COc1cccc(CC(C#N)c2cccc(C)c2)c1. The van der Waals surface area contributed by atoms with Gasteiger partial charge in [-0.3, -0.25) is 0 Å². The highest BCUT2D eigenvalue weighted by molar-refractivity contribution is 5.34. The molecular formula is C17H17NO. The third-order valence-electron chi connectivity index (χ3n) is 3.17. The molecule has 0 N–H and O–H groups in total. The van der Waals surface area contributed by atoms with Crippen molar-refractivity contribution < 1.29 is 4.74 Å². The Labute approximate surface area is 114 Å². The highest BCUT2D eigenvalue weighted by Gasteiger charge is 2.12. The van der Waals surface area contributed by atoms with Crippen molar-refractivity contribution in [1.29, 1.82) is 5.26 Å². The number of benzene rings is 2. The van der Waals surface area contributed by atoms with Gasteiger partial charge in [0, 0.05) is 0 Å². The Morgan fingerprint density at radius 2 is 1.95 bits per heavy atom. The van der Waals surface area contributed by atoms with E-state index < -0.39 is 0 Å². The Balaban J connectivity index is 2.22. The molecule has 19 heavy (non-hydrogen) atoms. The van der Waals surface area contributed by atoms with Gasteiger partial charge in [-0.25, -0.2) is 0 Å². The lowest BCUT2D eigenvalue weighted by Gasteiger charge is -2.11. The van der Waals surface area contributed by atoms with Crippen LogP contribution in [0.3, 0.4) is 0 Å². The first kappa shape index (κ1) is 13.2. The van der Waals surface area contributed by atoms with E-state index in [4.69, 9.17) is 4.74 Å². The lowest BCUT2D eigenvalue weighted by atomic mass is 9.92. The molecule has 2 aromatic rings. The van der Waals surface area contributed by atoms with Crippen molar-refractivity contribution >= 4 is 0 Å².